The first-order valence-electron chi connectivity index (χ1n) is 7.80. The maximum Gasteiger partial charge on any atom is 0.339 e. The Balaban J connectivity index is 1.97. The quantitative estimate of drug-likeness (QED) is 0.869. The normalized spacial score (nSPS) is 22.0. The first-order valence-corrected chi connectivity index (χ1v) is 7.80. The third-order valence-electron chi connectivity index (χ3n) is 4.56. The molecule has 0 saturated heterocycles. The Kier molecular flexibility index (Phi) is 5.15. The lowest BCUT2D eigenvalue weighted by Crippen LogP contribution is -2.18. The van der Waals surface area contributed by atoms with Crippen molar-refractivity contribution in [1.29, 1.82) is 0 Å². The van der Waals surface area contributed by atoms with Gasteiger partial charge in [-0.15, -0.1) is 5.10 Å². The zero-order chi connectivity index (χ0) is 15.4. The smallest absolute Gasteiger partial charge is 0.339 e. The first kappa shape index (κ1) is 15.7. The maximum atomic E-state index is 11.4. The van der Waals surface area contributed by atoms with Crippen LogP contribution in [-0.2, 0) is 0 Å². The Labute approximate surface area is 126 Å². The number of hydrogen-bond donors (Lipinski definition) is 2. The van der Waals surface area contributed by atoms with Gasteiger partial charge in [-0.3, -0.25) is 0 Å². The summed E-state index contributed by atoms with van der Waals surface area (Å²) in [5, 5.41) is 20.6. The van der Waals surface area contributed by atoms with Crippen molar-refractivity contribution in [2.45, 2.75) is 52.9 Å². The van der Waals surface area contributed by atoms with Gasteiger partial charge in [0.05, 0.1) is 5.69 Å². The van der Waals surface area contributed by atoms with Gasteiger partial charge in [-0.25, -0.2) is 4.79 Å². The third kappa shape index (κ3) is 3.93. The fourth-order valence-corrected chi connectivity index (χ4v) is 3.21. The van der Waals surface area contributed by atoms with Gasteiger partial charge >= 0.3 is 5.97 Å². The summed E-state index contributed by atoms with van der Waals surface area (Å²) in [6.07, 6.45) is 6.30. The van der Waals surface area contributed by atoms with Crippen LogP contribution in [0.3, 0.4) is 0 Å². The number of carbonyl (C=O) groups is 1. The predicted octanol–water partition coefficient (Wildman–Crippen LogP) is 3.42. The van der Waals surface area contributed by atoms with Crippen molar-refractivity contribution in [2.75, 3.05) is 11.9 Å². The van der Waals surface area contributed by atoms with E-state index in [0.29, 0.717) is 17.1 Å². The predicted molar refractivity (Wildman–Crippen MR) is 82.7 cm³/mol. The molecule has 116 valence electrons. The van der Waals surface area contributed by atoms with Gasteiger partial charge in [0.1, 0.15) is 5.56 Å². The number of hydrogen-bond acceptors (Lipinski definition) is 4. The minimum Gasteiger partial charge on any atom is -0.478 e. The molecule has 21 heavy (non-hydrogen) atoms. The highest BCUT2D eigenvalue weighted by Gasteiger charge is 2.20. The van der Waals surface area contributed by atoms with E-state index in [2.05, 4.69) is 22.4 Å². The summed E-state index contributed by atoms with van der Waals surface area (Å²) in [7, 11) is 0. The molecule has 1 aliphatic carbocycles. The van der Waals surface area contributed by atoms with Gasteiger partial charge in [0.2, 0.25) is 0 Å². The van der Waals surface area contributed by atoms with E-state index in [1.54, 1.807) is 13.8 Å². The van der Waals surface area contributed by atoms with Gasteiger partial charge in [-0.1, -0.05) is 26.2 Å². The Hall–Kier alpha value is -1.65. The van der Waals surface area contributed by atoms with Gasteiger partial charge in [-0.2, -0.15) is 5.10 Å². The minimum atomic E-state index is -0.945. The summed E-state index contributed by atoms with van der Waals surface area (Å²) in [5.74, 6) is 1.02. The van der Waals surface area contributed by atoms with Gasteiger partial charge in [0.15, 0.2) is 5.82 Å². The SMILES string of the molecule is Cc1nnc(NCCC2CCCC(C)C2)c(C(=O)O)c1C. The molecule has 2 unspecified atom stereocenters. The Bertz CT molecular complexity index is 516. The van der Waals surface area contributed by atoms with E-state index in [1.807, 2.05) is 0 Å². The van der Waals surface area contributed by atoms with E-state index in [1.165, 1.54) is 25.7 Å². The highest BCUT2D eigenvalue weighted by molar-refractivity contribution is 5.94. The standard InChI is InChI=1S/C16H25N3O2/c1-10-5-4-6-13(9-10)7-8-17-15-14(16(20)21)11(2)12(3)18-19-15/h10,13H,4-9H2,1-3H3,(H,17,19)(H,20,21). The number of rotatable bonds is 5. The monoisotopic (exact) mass is 291 g/mol. The van der Waals surface area contributed by atoms with Crippen LogP contribution < -0.4 is 5.32 Å². The fraction of sp³-hybridized carbons (Fsp3) is 0.688. The van der Waals surface area contributed by atoms with Gasteiger partial charge in [0.25, 0.3) is 0 Å². The van der Waals surface area contributed by atoms with E-state index in [9.17, 15) is 9.90 Å². The third-order valence-corrected chi connectivity index (χ3v) is 4.56. The summed E-state index contributed by atoms with van der Waals surface area (Å²) in [4.78, 5) is 11.4. The van der Waals surface area contributed by atoms with E-state index in [4.69, 9.17) is 0 Å². The van der Waals surface area contributed by atoms with Crippen LogP contribution in [0, 0.1) is 25.7 Å². The van der Waals surface area contributed by atoms with Crippen molar-refractivity contribution >= 4 is 11.8 Å². The van der Waals surface area contributed by atoms with E-state index < -0.39 is 5.97 Å². The highest BCUT2D eigenvalue weighted by Crippen LogP contribution is 2.30. The van der Waals surface area contributed by atoms with Crippen molar-refractivity contribution in [2.24, 2.45) is 11.8 Å². The number of nitrogens with zero attached hydrogens (tertiary/aromatic N) is 2. The topological polar surface area (TPSA) is 75.1 Å². The van der Waals surface area contributed by atoms with Crippen LogP contribution in [0.4, 0.5) is 5.82 Å². The van der Waals surface area contributed by atoms with E-state index in [-0.39, 0.29) is 5.56 Å². The molecule has 0 radical (unpaired) electrons. The van der Waals surface area contributed by atoms with Crippen LogP contribution in [0.15, 0.2) is 0 Å². The van der Waals surface area contributed by atoms with Crippen molar-refractivity contribution in [3.63, 3.8) is 0 Å². The van der Waals surface area contributed by atoms with Crippen molar-refractivity contribution in [3.8, 4) is 0 Å². The Morgan fingerprint density at radius 1 is 1.33 bits per heavy atom. The highest BCUT2D eigenvalue weighted by atomic mass is 16.4. The second-order valence-corrected chi connectivity index (χ2v) is 6.29. The van der Waals surface area contributed by atoms with Crippen LogP contribution in [0.1, 0.15) is 60.6 Å². The zero-order valence-electron chi connectivity index (χ0n) is 13.1. The average Bonchev–Trinajstić information content (AvgIpc) is 2.42. The number of nitrogens with one attached hydrogen (secondary N) is 1. The van der Waals surface area contributed by atoms with Crippen molar-refractivity contribution < 1.29 is 9.90 Å². The molecule has 5 heteroatoms. The first-order chi connectivity index (χ1) is 9.99. The van der Waals surface area contributed by atoms with Crippen LogP contribution in [-0.4, -0.2) is 27.8 Å². The Morgan fingerprint density at radius 3 is 2.76 bits per heavy atom. The number of aryl methyl sites for hydroxylation is 1. The number of anilines is 1. The van der Waals surface area contributed by atoms with Crippen molar-refractivity contribution in [1.82, 2.24) is 10.2 Å². The van der Waals surface area contributed by atoms with Crippen LogP contribution in [0.5, 0.6) is 0 Å². The van der Waals surface area contributed by atoms with Gasteiger partial charge < -0.3 is 10.4 Å². The van der Waals surface area contributed by atoms with Crippen molar-refractivity contribution in [3.05, 3.63) is 16.8 Å². The number of carboxylic acid groups (broad SMARTS) is 1. The maximum absolute atomic E-state index is 11.4. The minimum absolute atomic E-state index is 0.250. The molecular weight excluding hydrogens is 266 g/mol. The van der Waals surface area contributed by atoms with E-state index in [0.717, 1.165) is 24.8 Å². The molecule has 0 aliphatic heterocycles. The molecule has 2 atom stereocenters. The molecule has 0 amide bonds. The lowest BCUT2D eigenvalue weighted by molar-refractivity contribution is 0.0696. The molecule has 1 aliphatic rings. The van der Waals surface area contributed by atoms with E-state index >= 15 is 0 Å². The van der Waals surface area contributed by atoms with Crippen LogP contribution >= 0.6 is 0 Å². The summed E-state index contributed by atoms with van der Waals surface area (Å²) in [5.41, 5.74) is 1.60. The largest absolute Gasteiger partial charge is 0.478 e. The molecule has 5 nitrogen and oxygen atoms in total. The molecule has 1 saturated carbocycles. The molecule has 0 spiro atoms. The average molecular weight is 291 g/mol. The lowest BCUT2D eigenvalue weighted by Gasteiger charge is -2.26. The molecular formula is C16H25N3O2. The molecule has 0 bridgehead atoms. The van der Waals surface area contributed by atoms with Crippen LogP contribution in [0.25, 0.3) is 0 Å². The molecule has 2 rings (SSSR count). The molecule has 2 N–H and O–H groups in total. The Morgan fingerprint density at radius 2 is 2.10 bits per heavy atom. The summed E-state index contributed by atoms with van der Waals surface area (Å²) >= 11 is 0. The van der Waals surface area contributed by atoms with Crippen LogP contribution in [0.2, 0.25) is 0 Å². The zero-order valence-corrected chi connectivity index (χ0v) is 13.1. The summed E-state index contributed by atoms with van der Waals surface area (Å²) < 4.78 is 0. The molecule has 1 fully saturated rings. The summed E-state index contributed by atoms with van der Waals surface area (Å²) in [6.45, 7) is 6.63. The lowest BCUT2D eigenvalue weighted by atomic mass is 9.81. The molecule has 0 aromatic carbocycles. The number of aromatic nitrogens is 2. The molecule has 1 aromatic heterocycles. The molecule has 1 aromatic rings. The number of aromatic carboxylic acids is 1. The van der Waals surface area contributed by atoms with Gasteiger partial charge in [0, 0.05) is 6.54 Å². The number of carboxylic acids is 1. The second kappa shape index (κ2) is 6.87. The summed E-state index contributed by atoms with van der Waals surface area (Å²) in [6, 6.07) is 0. The fourth-order valence-electron chi connectivity index (χ4n) is 3.21. The molecule has 1 heterocycles. The van der Waals surface area contributed by atoms with Gasteiger partial charge in [-0.05, 0) is 44.1 Å². The second-order valence-electron chi connectivity index (χ2n) is 6.29.